The molecule has 0 saturated heterocycles. The molecule has 0 radical (unpaired) electrons. The zero-order valence-corrected chi connectivity index (χ0v) is 8.89. The van der Waals surface area contributed by atoms with Crippen LogP contribution in [0.1, 0.15) is 20.8 Å². The minimum atomic E-state index is -4.47. The normalized spacial score (nSPS) is 14.8. The van der Waals surface area contributed by atoms with Crippen LogP contribution in [0.25, 0.3) is 0 Å². The zero-order chi connectivity index (χ0) is 10.2. The Morgan fingerprint density at radius 2 is 1.58 bits per heavy atom. The molecule has 7 heteroatoms. The van der Waals surface area contributed by atoms with E-state index in [2.05, 4.69) is 0 Å². The van der Waals surface area contributed by atoms with E-state index in [1.807, 2.05) is 0 Å². The third-order valence-electron chi connectivity index (χ3n) is 1.27. The van der Waals surface area contributed by atoms with Crippen molar-refractivity contribution in [1.82, 2.24) is 0 Å². The summed E-state index contributed by atoms with van der Waals surface area (Å²) < 4.78 is 31.6. The fourth-order valence-corrected chi connectivity index (χ4v) is 3.74. The lowest BCUT2D eigenvalue weighted by atomic mass is 10.3. The second-order valence-corrected chi connectivity index (χ2v) is 8.34. The SMILES string of the molecule is CC(C)(C)S(=O)(=O)CP(=O)(O)O. The van der Waals surface area contributed by atoms with Gasteiger partial charge in [-0.25, -0.2) is 8.42 Å². The van der Waals surface area contributed by atoms with Gasteiger partial charge in [-0.05, 0) is 20.8 Å². The van der Waals surface area contributed by atoms with Crippen molar-refractivity contribution in [3.63, 3.8) is 0 Å². The largest absolute Gasteiger partial charge is 0.340 e. The molecule has 5 nitrogen and oxygen atoms in total. The Kier molecular flexibility index (Phi) is 3.13. The molecule has 74 valence electrons. The van der Waals surface area contributed by atoms with Crippen LogP contribution < -0.4 is 0 Å². The number of rotatable bonds is 2. The highest BCUT2D eigenvalue weighted by Gasteiger charge is 2.35. The van der Waals surface area contributed by atoms with Crippen molar-refractivity contribution >= 4 is 17.4 Å². The minimum absolute atomic E-state index is 1.08. The number of hydrogen-bond acceptors (Lipinski definition) is 3. The molecule has 0 saturated carbocycles. The van der Waals surface area contributed by atoms with E-state index in [-0.39, 0.29) is 0 Å². The maximum Gasteiger partial charge on any atom is 0.340 e. The van der Waals surface area contributed by atoms with Crippen molar-refractivity contribution in [3.05, 3.63) is 0 Å². The summed E-state index contributed by atoms with van der Waals surface area (Å²) >= 11 is 0. The fourth-order valence-electron chi connectivity index (χ4n) is 0.415. The first-order valence-corrected chi connectivity index (χ1v) is 6.67. The van der Waals surface area contributed by atoms with Gasteiger partial charge in [-0.3, -0.25) is 4.57 Å². The predicted octanol–water partition coefficient (Wildman–Crippen LogP) is 0.335. The monoisotopic (exact) mass is 216 g/mol. The van der Waals surface area contributed by atoms with Crippen molar-refractivity contribution in [1.29, 1.82) is 0 Å². The van der Waals surface area contributed by atoms with Gasteiger partial charge < -0.3 is 9.79 Å². The van der Waals surface area contributed by atoms with Crippen molar-refractivity contribution in [2.75, 3.05) is 5.49 Å². The first kappa shape index (κ1) is 12.1. The van der Waals surface area contributed by atoms with Crippen LogP contribution in [0.3, 0.4) is 0 Å². The third kappa shape index (κ3) is 3.67. The van der Waals surface area contributed by atoms with Gasteiger partial charge in [0, 0.05) is 0 Å². The van der Waals surface area contributed by atoms with Crippen molar-refractivity contribution in [3.8, 4) is 0 Å². The molecule has 2 N–H and O–H groups in total. The average molecular weight is 216 g/mol. The summed E-state index contributed by atoms with van der Waals surface area (Å²) in [4.78, 5) is 16.9. The van der Waals surface area contributed by atoms with Crippen LogP contribution in [0.4, 0.5) is 0 Å². The Labute approximate surface area is 71.9 Å². The molecule has 0 atom stereocenters. The maximum absolute atomic E-state index is 11.2. The molecule has 0 bridgehead atoms. The Morgan fingerprint density at radius 1 is 1.25 bits per heavy atom. The van der Waals surface area contributed by atoms with Crippen molar-refractivity contribution in [2.45, 2.75) is 25.5 Å². The first-order chi connectivity index (χ1) is 4.96. The van der Waals surface area contributed by atoms with E-state index in [0.717, 1.165) is 0 Å². The second kappa shape index (κ2) is 3.10. The van der Waals surface area contributed by atoms with E-state index in [9.17, 15) is 13.0 Å². The summed E-state index contributed by atoms with van der Waals surface area (Å²) in [5.41, 5.74) is -1.08. The first-order valence-electron chi connectivity index (χ1n) is 3.22. The summed E-state index contributed by atoms with van der Waals surface area (Å²) in [6.45, 7) is 4.20. The topological polar surface area (TPSA) is 91.7 Å². The van der Waals surface area contributed by atoms with Gasteiger partial charge in [-0.1, -0.05) is 0 Å². The Bertz CT molecular complexity index is 292. The van der Waals surface area contributed by atoms with Crippen LogP contribution >= 0.6 is 7.60 Å². The van der Waals surface area contributed by atoms with Gasteiger partial charge in [0.1, 0.15) is 0 Å². The fraction of sp³-hybridized carbons (Fsp3) is 1.00. The van der Waals surface area contributed by atoms with E-state index in [1.54, 1.807) is 0 Å². The summed E-state index contributed by atoms with van der Waals surface area (Å²) in [5, 5.41) is 0. The molecule has 0 aliphatic carbocycles. The molecule has 0 spiro atoms. The molecular weight excluding hydrogens is 203 g/mol. The van der Waals surface area contributed by atoms with Crippen LogP contribution in [0, 0.1) is 0 Å². The van der Waals surface area contributed by atoms with E-state index in [1.165, 1.54) is 20.8 Å². The molecule has 0 aromatic heterocycles. The van der Waals surface area contributed by atoms with Crippen LogP contribution in [-0.4, -0.2) is 28.4 Å². The Hall–Kier alpha value is 0.1000. The summed E-state index contributed by atoms with van der Waals surface area (Å²) in [5.74, 6) is 0. The van der Waals surface area contributed by atoms with Gasteiger partial charge in [-0.15, -0.1) is 0 Å². The molecule has 0 fully saturated rings. The summed E-state index contributed by atoms with van der Waals surface area (Å²) in [6.07, 6.45) is 0. The lowest BCUT2D eigenvalue weighted by Gasteiger charge is -2.19. The Morgan fingerprint density at radius 3 is 1.67 bits per heavy atom. The van der Waals surface area contributed by atoms with Gasteiger partial charge in [0.15, 0.2) is 15.3 Å². The van der Waals surface area contributed by atoms with Gasteiger partial charge >= 0.3 is 7.60 Å². The van der Waals surface area contributed by atoms with Crippen LogP contribution in [0.2, 0.25) is 0 Å². The molecule has 0 unspecified atom stereocenters. The molecular formula is C5H13O5PS. The number of sulfone groups is 1. The molecule has 0 aliphatic heterocycles. The second-order valence-electron chi connectivity index (χ2n) is 3.52. The molecule has 0 heterocycles. The molecule has 0 aromatic rings. The van der Waals surface area contributed by atoms with Gasteiger partial charge in [0.2, 0.25) is 0 Å². The van der Waals surface area contributed by atoms with E-state index in [0.29, 0.717) is 0 Å². The summed E-state index contributed by atoms with van der Waals surface area (Å²) in [7, 11) is -8.19. The van der Waals surface area contributed by atoms with Crippen LogP contribution in [0.15, 0.2) is 0 Å². The lowest BCUT2D eigenvalue weighted by Crippen LogP contribution is -2.30. The standard InChI is InChI=1S/C5H13O5PS/c1-5(2,3)12(9,10)4-11(6,7)8/h4H2,1-3H3,(H2,6,7,8). The molecule has 0 aliphatic rings. The highest BCUT2D eigenvalue weighted by Crippen LogP contribution is 2.38. The average Bonchev–Trinajstić information content (AvgIpc) is 1.52. The molecule has 12 heavy (non-hydrogen) atoms. The van der Waals surface area contributed by atoms with Crippen LogP contribution in [-0.2, 0) is 14.4 Å². The molecule has 0 aromatic carbocycles. The number of hydrogen-bond donors (Lipinski definition) is 2. The molecule has 0 rings (SSSR count). The predicted molar refractivity (Wildman–Crippen MR) is 45.6 cm³/mol. The molecule has 0 amide bonds. The minimum Gasteiger partial charge on any atom is -0.324 e. The van der Waals surface area contributed by atoms with Gasteiger partial charge in [0.05, 0.1) is 4.75 Å². The zero-order valence-electron chi connectivity index (χ0n) is 7.18. The smallest absolute Gasteiger partial charge is 0.324 e. The van der Waals surface area contributed by atoms with E-state index >= 15 is 0 Å². The van der Waals surface area contributed by atoms with Gasteiger partial charge in [-0.2, -0.15) is 0 Å². The van der Waals surface area contributed by atoms with Crippen molar-refractivity contribution in [2.24, 2.45) is 0 Å². The van der Waals surface area contributed by atoms with E-state index < -0.39 is 27.7 Å². The van der Waals surface area contributed by atoms with Crippen LogP contribution in [0.5, 0.6) is 0 Å². The maximum atomic E-state index is 11.2. The quantitative estimate of drug-likeness (QED) is 0.649. The highest BCUT2D eigenvalue weighted by atomic mass is 32.2. The highest BCUT2D eigenvalue weighted by molar-refractivity contribution is 7.98. The summed E-state index contributed by atoms with van der Waals surface area (Å²) in [6, 6.07) is 0. The van der Waals surface area contributed by atoms with Crippen molar-refractivity contribution < 1.29 is 22.8 Å². The van der Waals surface area contributed by atoms with Gasteiger partial charge in [0.25, 0.3) is 0 Å². The van der Waals surface area contributed by atoms with E-state index in [4.69, 9.17) is 9.79 Å². The third-order valence-corrected chi connectivity index (χ3v) is 5.84. The Balaban J connectivity index is 4.83. The lowest BCUT2D eigenvalue weighted by molar-refractivity contribution is 0.378.